The molecule has 0 aliphatic heterocycles. The molecule has 0 aliphatic carbocycles. The van der Waals surface area contributed by atoms with Crippen molar-refractivity contribution in [1.29, 1.82) is 0 Å². The highest BCUT2D eigenvalue weighted by molar-refractivity contribution is 6.31. The van der Waals surface area contributed by atoms with Gasteiger partial charge in [-0.15, -0.1) is 0 Å². The number of aromatic nitrogens is 3. The molecule has 1 atom stereocenters. The lowest BCUT2D eigenvalue weighted by atomic mass is 10.1. The monoisotopic (exact) mass is 292 g/mol. The average molecular weight is 293 g/mol. The Balaban J connectivity index is 2.14. The molecule has 20 heavy (non-hydrogen) atoms. The molecule has 2 rings (SSSR count). The lowest BCUT2D eigenvalue weighted by Crippen LogP contribution is -2.32. The smallest absolute Gasteiger partial charge is 0.0950 e. The summed E-state index contributed by atoms with van der Waals surface area (Å²) in [7, 11) is 1.89. The van der Waals surface area contributed by atoms with Crippen LogP contribution in [0, 0.1) is 0 Å². The van der Waals surface area contributed by atoms with Gasteiger partial charge < -0.3 is 0 Å². The minimum atomic E-state index is 0.466. The molecule has 0 bridgehead atoms. The van der Waals surface area contributed by atoms with E-state index in [1.165, 1.54) is 5.56 Å². The van der Waals surface area contributed by atoms with Crippen molar-refractivity contribution in [3.05, 3.63) is 47.0 Å². The van der Waals surface area contributed by atoms with Crippen LogP contribution in [0.15, 0.2) is 30.7 Å². The molecule has 0 aliphatic rings. The summed E-state index contributed by atoms with van der Waals surface area (Å²) in [5.41, 5.74) is 2.14. The van der Waals surface area contributed by atoms with Crippen LogP contribution in [0.2, 0.25) is 5.02 Å². The minimum Gasteiger partial charge on any atom is -0.290 e. The first-order chi connectivity index (χ1) is 9.60. The van der Waals surface area contributed by atoms with Gasteiger partial charge in [0, 0.05) is 44.8 Å². The van der Waals surface area contributed by atoms with E-state index in [0.29, 0.717) is 6.04 Å². The molecule has 0 spiro atoms. The third-order valence-electron chi connectivity index (χ3n) is 3.53. The van der Waals surface area contributed by atoms with Crippen LogP contribution in [-0.2, 0) is 20.1 Å². The maximum absolute atomic E-state index is 6.22. The van der Waals surface area contributed by atoms with E-state index < -0.39 is 0 Å². The number of hydrogen-bond donors (Lipinski definition) is 0. The number of halogens is 1. The summed E-state index contributed by atoms with van der Waals surface area (Å²) in [5.74, 6) is 0. The predicted molar refractivity (Wildman–Crippen MR) is 81.5 cm³/mol. The van der Waals surface area contributed by atoms with Crippen LogP contribution in [0.5, 0.6) is 0 Å². The van der Waals surface area contributed by atoms with Crippen molar-refractivity contribution < 1.29 is 0 Å². The highest BCUT2D eigenvalue weighted by Crippen LogP contribution is 2.19. The van der Waals surface area contributed by atoms with Gasteiger partial charge in [0.05, 0.1) is 10.7 Å². The van der Waals surface area contributed by atoms with Crippen LogP contribution in [0.25, 0.3) is 0 Å². The molecule has 2 aromatic rings. The maximum Gasteiger partial charge on any atom is 0.0950 e. The second-order valence-electron chi connectivity index (χ2n) is 5.12. The van der Waals surface area contributed by atoms with Crippen LogP contribution >= 0.6 is 11.6 Å². The first-order valence-electron chi connectivity index (χ1n) is 6.91. The van der Waals surface area contributed by atoms with Gasteiger partial charge in [0.1, 0.15) is 0 Å². The Hall–Kier alpha value is -1.39. The van der Waals surface area contributed by atoms with E-state index >= 15 is 0 Å². The van der Waals surface area contributed by atoms with Crippen LogP contribution in [-0.4, -0.2) is 25.7 Å². The van der Waals surface area contributed by atoms with Crippen LogP contribution in [0.4, 0.5) is 0 Å². The molecule has 0 saturated carbocycles. The molecule has 0 radical (unpaired) electrons. The Bertz CT molecular complexity index is 538. The lowest BCUT2D eigenvalue weighted by molar-refractivity contribution is 0.183. The zero-order chi connectivity index (χ0) is 14.5. The molecule has 0 N–H and O–H groups in total. The highest BCUT2D eigenvalue weighted by Gasteiger charge is 2.16. The maximum atomic E-state index is 6.22. The molecule has 0 saturated heterocycles. The zero-order valence-corrected chi connectivity index (χ0v) is 13.0. The van der Waals surface area contributed by atoms with Gasteiger partial charge >= 0.3 is 0 Å². The van der Waals surface area contributed by atoms with Crippen molar-refractivity contribution >= 4 is 11.6 Å². The van der Waals surface area contributed by atoms with Gasteiger partial charge in [-0.3, -0.25) is 14.6 Å². The summed E-state index contributed by atoms with van der Waals surface area (Å²) < 4.78 is 1.76. The molecule has 2 heterocycles. The second-order valence-corrected chi connectivity index (χ2v) is 5.53. The minimum absolute atomic E-state index is 0.466. The first-order valence-corrected chi connectivity index (χ1v) is 7.29. The van der Waals surface area contributed by atoms with Gasteiger partial charge in [-0.25, -0.2) is 0 Å². The van der Waals surface area contributed by atoms with Gasteiger partial charge in [0.15, 0.2) is 0 Å². The predicted octanol–water partition coefficient (Wildman–Crippen LogP) is 3.27. The summed E-state index contributed by atoms with van der Waals surface area (Å²) in [5, 5.41) is 5.16. The van der Waals surface area contributed by atoms with E-state index in [1.807, 2.05) is 25.5 Å². The third-order valence-corrected chi connectivity index (χ3v) is 3.85. The van der Waals surface area contributed by atoms with Crippen LogP contribution in [0.1, 0.15) is 31.5 Å². The topological polar surface area (TPSA) is 34.0 Å². The number of aryl methyl sites for hydroxylation is 1. The van der Waals surface area contributed by atoms with Crippen molar-refractivity contribution in [3.63, 3.8) is 0 Å². The van der Waals surface area contributed by atoms with E-state index in [1.54, 1.807) is 10.9 Å². The molecular weight excluding hydrogens is 272 g/mol. The quantitative estimate of drug-likeness (QED) is 0.819. The van der Waals surface area contributed by atoms with E-state index in [9.17, 15) is 0 Å². The van der Waals surface area contributed by atoms with Gasteiger partial charge in [0.2, 0.25) is 0 Å². The van der Waals surface area contributed by atoms with Crippen molar-refractivity contribution in [2.75, 3.05) is 0 Å². The van der Waals surface area contributed by atoms with Crippen molar-refractivity contribution in [1.82, 2.24) is 19.7 Å². The molecule has 0 unspecified atom stereocenters. The van der Waals surface area contributed by atoms with E-state index in [-0.39, 0.29) is 0 Å². The lowest BCUT2D eigenvalue weighted by Gasteiger charge is -2.27. The normalized spacial score (nSPS) is 12.8. The largest absolute Gasteiger partial charge is 0.290 e. The highest BCUT2D eigenvalue weighted by atomic mass is 35.5. The molecule has 2 aromatic heterocycles. The third kappa shape index (κ3) is 3.81. The molecule has 0 amide bonds. The Morgan fingerprint density at radius 2 is 2.20 bits per heavy atom. The van der Waals surface area contributed by atoms with E-state index in [2.05, 4.69) is 34.9 Å². The molecule has 108 valence electrons. The molecule has 0 aromatic carbocycles. The standard InChI is InChI=1S/C15H21ClN4/c1-4-12(2)20(9-13-6-5-7-17-8-13)11-15-14(16)10-19(3)18-15/h5-8,10,12H,4,9,11H2,1-3H3/t12-/m0/s1. The summed E-state index contributed by atoms with van der Waals surface area (Å²) in [6.07, 6.45) is 6.64. The Labute approximate surface area is 125 Å². The van der Waals surface area contributed by atoms with Crippen LogP contribution in [0.3, 0.4) is 0 Å². The van der Waals surface area contributed by atoms with Crippen molar-refractivity contribution in [3.8, 4) is 0 Å². The summed E-state index contributed by atoms with van der Waals surface area (Å²) in [6, 6.07) is 4.54. The van der Waals surface area contributed by atoms with Crippen molar-refractivity contribution in [2.45, 2.75) is 39.4 Å². The Morgan fingerprint density at radius 3 is 2.75 bits per heavy atom. The molecule has 0 fully saturated rings. The summed E-state index contributed by atoms with van der Waals surface area (Å²) in [6.45, 7) is 6.04. The van der Waals surface area contributed by atoms with Crippen molar-refractivity contribution in [2.24, 2.45) is 7.05 Å². The number of nitrogens with zero attached hydrogens (tertiary/aromatic N) is 4. The van der Waals surface area contributed by atoms with Gasteiger partial charge in [0.25, 0.3) is 0 Å². The zero-order valence-electron chi connectivity index (χ0n) is 12.3. The fourth-order valence-corrected chi connectivity index (χ4v) is 2.40. The summed E-state index contributed by atoms with van der Waals surface area (Å²) >= 11 is 6.22. The van der Waals surface area contributed by atoms with Gasteiger partial charge in [-0.05, 0) is 25.0 Å². The molecule has 4 nitrogen and oxygen atoms in total. The van der Waals surface area contributed by atoms with Gasteiger partial charge in [-0.1, -0.05) is 24.6 Å². The molecule has 5 heteroatoms. The fraction of sp³-hybridized carbons (Fsp3) is 0.467. The van der Waals surface area contributed by atoms with Gasteiger partial charge in [-0.2, -0.15) is 5.10 Å². The van der Waals surface area contributed by atoms with Crippen LogP contribution < -0.4 is 0 Å². The Morgan fingerprint density at radius 1 is 1.40 bits per heavy atom. The summed E-state index contributed by atoms with van der Waals surface area (Å²) in [4.78, 5) is 6.56. The number of pyridine rings is 1. The first kappa shape index (κ1) is 15.0. The average Bonchev–Trinajstić information content (AvgIpc) is 2.76. The number of hydrogen-bond acceptors (Lipinski definition) is 3. The van der Waals surface area contributed by atoms with E-state index in [0.717, 1.165) is 30.2 Å². The molecular formula is C15H21ClN4. The fourth-order valence-electron chi connectivity index (χ4n) is 2.16. The SMILES string of the molecule is CC[C@H](C)N(Cc1cccnc1)Cc1nn(C)cc1Cl. The second kappa shape index (κ2) is 6.86. The Kier molecular flexibility index (Phi) is 5.15. The van der Waals surface area contributed by atoms with E-state index in [4.69, 9.17) is 11.6 Å². The number of rotatable bonds is 6.